The molecule has 25 heavy (non-hydrogen) atoms. The average molecular weight is 339 g/mol. The van der Waals surface area contributed by atoms with Gasteiger partial charge in [0.1, 0.15) is 12.3 Å². The minimum Gasteiger partial charge on any atom is -0.484 e. The quantitative estimate of drug-likeness (QED) is 0.898. The summed E-state index contributed by atoms with van der Waals surface area (Å²) in [6.07, 6.45) is 0. The molecule has 1 aliphatic heterocycles. The number of hydrogen-bond acceptors (Lipinski definition) is 2. The molecule has 0 saturated carbocycles. The van der Waals surface area contributed by atoms with Crippen molar-refractivity contribution in [1.82, 2.24) is 4.90 Å². The summed E-state index contributed by atoms with van der Waals surface area (Å²) >= 11 is 0. The topological polar surface area (TPSA) is 34.0 Å². The van der Waals surface area contributed by atoms with Gasteiger partial charge in [-0.05, 0) is 31.5 Å². The lowest BCUT2D eigenvalue weighted by molar-refractivity contribution is -0.917. The van der Waals surface area contributed by atoms with Gasteiger partial charge < -0.3 is 14.5 Å². The second-order valence-electron chi connectivity index (χ2n) is 6.84. The molecule has 1 amide bonds. The van der Waals surface area contributed by atoms with Gasteiger partial charge in [-0.1, -0.05) is 42.0 Å². The van der Waals surface area contributed by atoms with E-state index in [9.17, 15) is 4.79 Å². The highest BCUT2D eigenvalue weighted by molar-refractivity contribution is 5.77. The average Bonchev–Trinajstić information content (AvgIpc) is 2.63. The highest BCUT2D eigenvalue weighted by atomic mass is 16.5. The van der Waals surface area contributed by atoms with E-state index < -0.39 is 0 Å². The molecule has 0 radical (unpaired) electrons. The summed E-state index contributed by atoms with van der Waals surface area (Å²) < 4.78 is 5.62. The standard InChI is InChI=1S/C21H26N2O2/c1-17-7-9-20(10-8-17)25-16-21(24)23-13-11-22(12-14-23)15-19-6-4-3-5-18(19)2/h3-10H,11-16H2,1-2H3/p+1. The van der Waals surface area contributed by atoms with Crippen molar-refractivity contribution >= 4 is 5.91 Å². The monoisotopic (exact) mass is 339 g/mol. The van der Waals surface area contributed by atoms with Gasteiger partial charge in [-0.3, -0.25) is 4.79 Å². The Balaban J connectivity index is 1.44. The van der Waals surface area contributed by atoms with Crippen molar-refractivity contribution in [1.29, 1.82) is 0 Å². The smallest absolute Gasteiger partial charge is 0.260 e. The van der Waals surface area contributed by atoms with Gasteiger partial charge in [0.15, 0.2) is 6.61 Å². The first-order valence-electron chi connectivity index (χ1n) is 8.97. The summed E-state index contributed by atoms with van der Waals surface area (Å²) in [7, 11) is 0. The van der Waals surface area contributed by atoms with E-state index in [2.05, 4.69) is 31.2 Å². The molecule has 2 aromatic rings. The first-order valence-corrected chi connectivity index (χ1v) is 8.97. The van der Waals surface area contributed by atoms with Gasteiger partial charge in [0.25, 0.3) is 5.91 Å². The second kappa shape index (κ2) is 8.17. The fraction of sp³-hybridized carbons (Fsp3) is 0.381. The minimum absolute atomic E-state index is 0.0792. The van der Waals surface area contributed by atoms with Crippen LogP contribution in [-0.4, -0.2) is 43.6 Å². The van der Waals surface area contributed by atoms with E-state index in [0.29, 0.717) is 0 Å². The molecule has 0 atom stereocenters. The van der Waals surface area contributed by atoms with E-state index in [1.54, 1.807) is 0 Å². The minimum atomic E-state index is 0.0792. The summed E-state index contributed by atoms with van der Waals surface area (Å²) in [6.45, 7) is 8.94. The summed E-state index contributed by atoms with van der Waals surface area (Å²) in [5, 5.41) is 0. The largest absolute Gasteiger partial charge is 0.484 e. The first kappa shape index (κ1) is 17.5. The highest BCUT2D eigenvalue weighted by Gasteiger charge is 2.24. The van der Waals surface area contributed by atoms with E-state index in [-0.39, 0.29) is 12.5 Å². The van der Waals surface area contributed by atoms with Crippen LogP contribution in [0.1, 0.15) is 16.7 Å². The summed E-state index contributed by atoms with van der Waals surface area (Å²) in [4.78, 5) is 15.8. The Morgan fingerprint density at radius 3 is 2.40 bits per heavy atom. The van der Waals surface area contributed by atoms with Gasteiger partial charge in [-0.25, -0.2) is 0 Å². The third-order valence-corrected chi connectivity index (χ3v) is 4.91. The molecule has 1 saturated heterocycles. The molecule has 1 heterocycles. The number of nitrogens with zero attached hydrogens (tertiary/aromatic N) is 1. The van der Waals surface area contributed by atoms with Crippen LogP contribution in [0.4, 0.5) is 0 Å². The van der Waals surface area contributed by atoms with Gasteiger partial charge in [-0.15, -0.1) is 0 Å². The maximum absolute atomic E-state index is 12.3. The van der Waals surface area contributed by atoms with Crippen molar-refractivity contribution in [2.75, 3.05) is 32.8 Å². The number of ether oxygens (including phenoxy) is 1. The summed E-state index contributed by atoms with van der Waals surface area (Å²) in [6, 6.07) is 16.4. The fourth-order valence-electron chi connectivity index (χ4n) is 3.20. The Morgan fingerprint density at radius 2 is 1.72 bits per heavy atom. The Labute approximate surface area is 150 Å². The Bertz CT molecular complexity index is 704. The number of rotatable bonds is 5. The van der Waals surface area contributed by atoms with Crippen LogP contribution in [0.5, 0.6) is 5.75 Å². The zero-order valence-electron chi connectivity index (χ0n) is 15.1. The molecule has 4 heteroatoms. The molecule has 0 spiro atoms. The number of hydrogen-bond donors (Lipinski definition) is 1. The highest BCUT2D eigenvalue weighted by Crippen LogP contribution is 2.11. The van der Waals surface area contributed by atoms with E-state index >= 15 is 0 Å². The lowest BCUT2D eigenvalue weighted by atomic mass is 10.1. The Kier molecular flexibility index (Phi) is 5.71. The predicted molar refractivity (Wildman–Crippen MR) is 98.8 cm³/mol. The molecule has 1 aliphatic rings. The SMILES string of the molecule is Cc1ccc(OCC(=O)N2CC[NH+](Cc3ccccc3C)CC2)cc1. The van der Waals surface area contributed by atoms with E-state index in [1.807, 2.05) is 36.1 Å². The summed E-state index contributed by atoms with van der Waals surface area (Å²) in [5.74, 6) is 0.832. The van der Waals surface area contributed by atoms with Gasteiger partial charge in [0, 0.05) is 5.56 Å². The first-order chi connectivity index (χ1) is 12.1. The second-order valence-corrected chi connectivity index (χ2v) is 6.84. The lowest BCUT2D eigenvalue weighted by Crippen LogP contribution is -3.13. The molecule has 1 N–H and O–H groups in total. The molecule has 0 unspecified atom stereocenters. The summed E-state index contributed by atoms with van der Waals surface area (Å²) in [5.41, 5.74) is 3.94. The van der Waals surface area contributed by atoms with Crippen molar-refractivity contribution in [2.45, 2.75) is 20.4 Å². The molecule has 4 nitrogen and oxygen atoms in total. The van der Waals surface area contributed by atoms with Crippen molar-refractivity contribution in [3.05, 3.63) is 65.2 Å². The molecule has 0 aromatic heterocycles. The van der Waals surface area contributed by atoms with Gasteiger partial charge >= 0.3 is 0 Å². The van der Waals surface area contributed by atoms with Crippen LogP contribution in [0.3, 0.4) is 0 Å². The zero-order valence-corrected chi connectivity index (χ0v) is 15.1. The molecule has 2 aromatic carbocycles. The molecule has 1 fully saturated rings. The number of quaternary nitrogens is 1. The van der Waals surface area contributed by atoms with Gasteiger partial charge in [0.2, 0.25) is 0 Å². The number of carbonyl (C=O) groups is 1. The molecule has 132 valence electrons. The van der Waals surface area contributed by atoms with Crippen molar-refractivity contribution in [3.63, 3.8) is 0 Å². The molecule has 0 bridgehead atoms. The molecule has 3 rings (SSSR count). The van der Waals surface area contributed by atoms with Crippen molar-refractivity contribution in [3.8, 4) is 5.75 Å². The maximum Gasteiger partial charge on any atom is 0.260 e. The van der Waals surface area contributed by atoms with E-state index in [0.717, 1.165) is 38.5 Å². The third-order valence-electron chi connectivity index (χ3n) is 4.91. The van der Waals surface area contributed by atoms with Crippen LogP contribution in [0.25, 0.3) is 0 Å². The van der Waals surface area contributed by atoms with Crippen LogP contribution >= 0.6 is 0 Å². The molecular formula is C21H27N2O2+. The van der Waals surface area contributed by atoms with Gasteiger partial charge in [-0.2, -0.15) is 0 Å². The van der Waals surface area contributed by atoms with Crippen LogP contribution in [-0.2, 0) is 11.3 Å². The number of amides is 1. The molecule has 0 aliphatic carbocycles. The van der Waals surface area contributed by atoms with E-state index in [4.69, 9.17) is 4.74 Å². The number of benzene rings is 2. The van der Waals surface area contributed by atoms with Crippen molar-refractivity contribution < 1.29 is 14.4 Å². The van der Waals surface area contributed by atoms with E-state index in [1.165, 1.54) is 21.6 Å². The van der Waals surface area contributed by atoms with Crippen molar-refractivity contribution in [2.24, 2.45) is 0 Å². The maximum atomic E-state index is 12.3. The van der Waals surface area contributed by atoms with Crippen LogP contribution in [0.2, 0.25) is 0 Å². The lowest BCUT2D eigenvalue weighted by Gasteiger charge is -2.32. The Hall–Kier alpha value is -2.33. The Morgan fingerprint density at radius 1 is 1.04 bits per heavy atom. The third kappa shape index (κ3) is 4.83. The number of piperazine rings is 1. The predicted octanol–water partition coefficient (Wildman–Crippen LogP) is 1.61. The fourth-order valence-corrected chi connectivity index (χ4v) is 3.20. The normalized spacial score (nSPS) is 15.2. The number of nitrogens with one attached hydrogen (secondary N) is 1. The van der Waals surface area contributed by atoms with Gasteiger partial charge in [0.05, 0.1) is 26.2 Å². The zero-order chi connectivity index (χ0) is 17.6. The van der Waals surface area contributed by atoms with Crippen LogP contribution < -0.4 is 9.64 Å². The number of aryl methyl sites for hydroxylation is 2. The van der Waals surface area contributed by atoms with Crippen LogP contribution in [0, 0.1) is 13.8 Å². The van der Waals surface area contributed by atoms with Crippen LogP contribution in [0.15, 0.2) is 48.5 Å². The molecular weight excluding hydrogens is 312 g/mol. The number of carbonyl (C=O) groups excluding carboxylic acids is 1.